The quantitative estimate of drug-likeness (QED) is 0.637. The van der Waals surface area contributed by atoms with E-state index in [1.807, 2.05) is 13.8 Å². The lowest BCUT2D eigenvalue weighted by Gasteiger charge is -2.38. The third-order valence-corrected chi connectivity index (χ3v) is 9.02. The predicted molar refractivity (Wildman–Crippen MR) is 80.3 cm³/mol. The molecule has 2 unspecified atom stereocenters. The van der Waals surface area contributed by atoms with Crippen molar-refractivity contribution >= 4 is 15.3 Å². The summed E-state index contributed by atoms with van der Waals surface area (Å²) in [6, 6.07) is 0. The van der Waals surface area contributed by atoms with Crippen LogP contribution in [0.4, 0.5) is 0 Å². The molecule has 0 fully saturated rings. The van der Waals surface area contributed by atoms with Crippen molar-refractivity contribution in [2.75, 3.05) is 55.4 Å². The molecule has 0 aromatic carbocycles. The fourth-order valence-corrected chi connectivity index (χ4v) is 6.59. The third-order valence-electron chi connectivity index (χ3n) is 3.00. The molecule has 0 aromatic heterocycles. The molecule has 0 saturated carbocycles. The fraction of sp³-hybridized carbons (Fsp3) is 1.00. The van der Waals surface area contributed by atoms with Crippen molar-refractivity contribution in [3.8, 4) is 0 Å². The van der Waals surface area contributed by atoms with Crippen LogP contribution >= 0.6 is 15.3 Å². The van der Waals surface area contributed by atoms with E-state index >= 15 is 0 Å². The van der Waals surface area contributed by atoms with Crippen LogP contribution in [0.5, 0.6) is 0 Å². The summed E-state index contributed by atoms with van der Waals surface area (Å²) in [4.78, 5) is 0. The maximum Gasteiger partial charge on any atom is 0.352 e. The second-order valence-electron chi connectivity index (χ2n) is 4.70. The Bertz CT molecular complexity index is 342. The lowest BCUT2D eigenvalue weighted by atomic mass is 10.8. The second-order valence-corrected chi connectivity index (χ2v) is 10.3. The van der Waals surface area contributed by atoms with Gasteiger partial charge in [-0.1, -0.05) is 13.8 Å². The maximum atomic E-state index is 13.0. The Morgan fingerprint density at radius 3 is 1.16 bits per heavy atom. The average molecular weight is 314 g/mol. The van der Waals surface area contributed by atoms with Gasteiger partial charge in [0, 0.05) is 13.1 Å². The minimum atomic E-state index is -3.30. The van der Waals surface area contributed by atoms with Crippen molar-refractivity contribution in [3.63, 3.8) is 0 Å². The second kappa shape index (κ2) is 7.32. The monoisotopic (exact) mass is 314 g/mol. The number of hydrogen-bond donors (Lipinski definition) is 0. The Balaban J connectivity index is 5.55. The summed E-state index contributed by atoms with van der Waals surface area (Å²) in [5.41, 5.74) is 0. The first-order valence-electron chi connectivity index (χ1n) is 6.26. The van der Waals surface area contributed by atoms with E-state index in [0.717, 1.165) is 0 Å². The molecule has 0 amide bonds. The highest BCUT2D eigenvalue weighted by Crippen LogP contribution is 2.67. The van der Waals surface area contributed by atoms with E-state index in [-0.39, 0.29) is 0 Å². The van der Waals surface area contributed by atoms with Crippen molar-refractivity contribution in [1.82, 2.24) is 18.7 Å². The van der Waals surface area contributed by atoms with E-state index in [2.05, 4.69) is 0 Å². The molecule has 0 aliphatic rings. The van der Waals surface area contributed by atoms with Crippen LogP contribution in [0.2, 0.25) is 0 Å². The Morgan fingerprint density at radius 2 is 1.00 bits per heavy atom. The minimum Gasteiger partial charge on any atom is -0.255 e. The first kappa shape index (κ1) is 19.3. The molecular formula is C10H28N4O3P2. The van der Waals surface area contributed by atoms with E-state index < -0.39 is 15.3 Å². The highest BCUT2D eigenvalue weighted by Gasteiger charge is 2.43. The fourth-order valence-electron chi connectivity index (χ4n) is 1.38. The molecule has 0 radical (unpaired) electrons. The molecule has 0 saturated heterocycles. The van der Waals surface area contributed by atoms with Gasteiger partial charge in [0.15, 0.2) is 0 Å². The van der Waals surface area contributed by atoms with E-state index in [1.54, 1.807) is 51.6 Å². The normalized spacial score (nSPS) is 19.2. The van der Waals surface area contributed by atoms with Gasteiger partial charge < -0.3 is 0 Å². The molecule has 2 atom stereocenters. The Labute approximate surface area is 117 Å². The Morgan fingerprint density at radius 1 is 0.737 bits per heavy atom. The van der Waals surface area contributed by atoms with Crippen LogP contribution in [0.3, 0.4) is 0 Å². The highest BCUT2D eigenvalue weighted by atomic mass is 31.3. The van der Waals surface area contributed by atoms with E-state index in [4.69, 9.17) is 4.31 Å². The van der Waals surface area contributed by atoms with Crippen LogP contribution in [0.25, 0.3) is 0 Å². The van der Waals surface area contributed by atoms with E-state index in [0.29, 0.717) is 13.1 Å². The largest absolute Gasteiger partial charge is 0.352 e. The van der Waals surface area contributed by atoms with Crippen molar-refractivity contribution in [1.29, 1.82) is 0 Å². The lowest BCUT2D eigenvalue weighted by molar-refractivity contribution is 0.288. The van der Waals surface area contributed by atoms with Crippen LogP contribution < -0.4 is 0 Å². The van der Waals surface area contributed by atoms with Gasteiger partial charge in [-0.3, -0.25) is 9.13 Å². The zero-order valence-corrected chi connectivity index (χ0v) is 15.1. The minimum absolute atomic E-state index is 0.540. The summed E-state index contributed by atoms with van der Waals surface area (Å²) < 4.78 is 37.8. The summed E-state index contributed by atoms with van der Waals surface area (Å²) >= 11 is 0. The summed E-state index contributed by atoms with van der Waals surface area (Å²) in [7, 11) is 3.46. The molecule has 0 rings (SSSR count). The van der Waals surface area contributed by atoms with Crippen LogP contribution in [0, 0.1) is 0 Å². The van der Waals surface area contributed by atoms with Gasteiger partial charge in [-0.05, 0) is 42.3 Å². The summed E-state index contributed by atoms with van der Waals surface area (Å²) in [6.45, 7) is 4.84. The molecular weight excluding hydrogens is 286 g/mol. The van der Waals surface area contributed by atoms with Crippen molar-refractivity contribution < 1.29 is 13.4 Å². The molecule has 7 nitrogen and oxygen atoms in total. The van der Waals surface area contributed by atoms with E-state index in [9.17, 15) is 9.13 Å². The highest BCUT2D eigenvalue weighted by molar-refractivity contribution is 7.67. The van der Waals surface area contributed by atoms with Crippen molar-refractivity contribution in [3.05, 3.63) is 0 Å². The van der Waals surface area contributed by atoms with Gasteiger partial charge in [0.05, 0.1) is 0 Å². The van der Waals surface area contributed by atoms with Gasteiger partial charge in [0.2, 0.25) is 0 Å². The van der Waals surface area contributed by atoms with Gasteiger partial charge >= 0.3 is 15.3 Å². The molecule has 116 valence electrons. The molecule has 0 aromatic rings. The first-order valence-corrected chi connectivity index (χ1v) is 9.32. The first-order chi connectivity index (χ1) is 8.56. The number of rotatable bonds is 8. The molecule has 0 N–H and O–H groups in total. The van der Waals surface area contributed by atoms with Gasteiger partial charge in [0.25, 0.3) is 0 Å². The van der Waals surface area contributed by atoms with Crippen molar-refractivity contribution in [2.24, 2.45) is 0 Å². The standard InChI is InChI=1S/C10H28N4O3P2/c1-9-13(7)18(15,11(3)4)17-19(16,12(5)6)14(8)10-2/h9-10H2,1-8H3. The predicted octanol–water partition coefficient (Wildman–Crippen LogP) is 2.25. The zero-order valence-electron chi connectivity index (χ0n) is 13.3. The van der Waals surface area contributed by atoms with E-state index in [1.165, 1.54) is 9.34 Å². The van der Waals surface area contributed by atoms with Gasteiger partial charge in [-0.25, -0.2) is 23.0 Å². The van der Waals surface area contributed by atoms with Gasteiger partial charge in [-0.2, -0.15) is 0 Å². The average Bonchev–Trinajstić information content (AvgIpc) is 2.35. The Hall–Kier alpha value is 0.260. The lowest BCUT2D eigenvalue weighted by Crippen LogP contribution is -2.31. The van der Waals surface area contributed by atoms with Crippen LogP contribution in [-0.4, -0.2) is 74.1 Å². The zero-order chi connectivity index (χ0) is 15.4. The molecule has 19 heavy (non-hydrogen) atoms. The molecule has 9 heteroatoms. The summed E-state index contributed by atoms with van der Waals surface area (Å²) in [5, 5.41) is 0. The summed E-state index contributed by atoms with van der Waals surface area (Å²) in [6.07, 6.45) is 0. The molecule has 0 bridgehead atoms. The smallest absolute Gasteiger partial charge is 0.255 e. The third kappa shape index (κ3) is 4.11. The van der Waals surface area contributed by atoms with Crippen LogP contribution in [-0.2, 0) is 13.4 Å². The van der Waals surface area contributed by atoms with Gasteiger partial charge in [-0.15, -0.1) is 0 Å². The Kier molecular flexibility index (Phi) is 7.42. The number of hydrogen-bond acceptors (Lipinski definition) is 3. The molecule has 0 aliphatic heterocycles. The molecule has 0 heterocycles. The molecule has 0 spiro atoms. The maximum absolute atomic E-state index is 13.0. The van der Waals surface area contributed by atoms with Gasteiger partial charge in [0.1, 0.15) is 0 Å². The van der Waals surface area contributed by atoms with Crippen LogP contribution in [0.15, 0.2) is 0 Å². The topological polar surface area (TPSA) is 56.3 Å². The summed E-state index contributed by atoms with van der Waals surface area (Å²) in [5.74, 6) is 0. The number of nitrogens with zero attached hydrogens (tertiary/aromatic N) is 4. The molecule has 0 aliphatic carbocycles. The van der Waals surface area contributed by atoms with Crippen molar-refractivity contribution in [2.45, 2.75) is 13.8 Å². The SMILES string of the molecule is CCN(C)P(=O)(OP(=O)(N(C)C)N(C)CC)N(C)C. The van der Waals surface area contributed by atoms with Crippen LogP contribution in [0.1, 0.15) is 13.8 Å².